The summed E-state index contributed by atoms with van der Waals surface area (Å²) in [7, 11) is 0. The molecule has 0 aliphatic rings. The number of hydrogen-bond donors (Lipinski definition) is 6. The summed E-state index contributed by atoms with van der Waals surface area (Å²) in [5.74, 6) is -3.20. The van der Waals surface area contributed by atoms with Crippen LogP contribution in [0.1, 0.15) is 57.3 Å². The summed E-state index contributed by atoms with van der Waals surface area (Å²) in [5, 5.41) is 27.3. The van der Waals surface area contributed by atoms with E-state index in [4.69, 9.17) is 25.1 Å². The molecular weight excluding hydrogens is 675 g/mol. The Labute approximate surface area is 291 Å². The third-order valence-corrected chi connectivity index (χ3v) is 6.88. The van der Waals surface area contributed by atoms with Crippen LogP contribution in [0.5, 0.6) is 11.5 Å². The van der Waals surface area contributed by atoms with E-state index < -0.39 is 36.1 Å². The first-order valence-electron chi connectivity index (χ1n) is 15.5. The fourth-order valence-corrected chi connectivity index (χ4v) is 4.80. The van der Waals surface area contributed by atoms with Crippen molar-refractivity contribution in [1.29, 1.82) is 0 Å². The second-order valence-corrected chi connectivity index (χ2v) is 11.3. The topological polar surface area (TPSA) is 202 Å². The van der Waals surface area contributed by atoms with Gasteiger partial charge in [0.05, 0.1) is 25.2 Å². The highest BCUT2D eigenvalue weighted by molar-refractivity contribution is 5.94. The van der Waals surface area contributed by atoms with E-state index in [1.165, 1.54) is 6.92 Å². The maximum absolute atomic E-state index is 14.1. The Morgan fingerprint density at radius 1 is 0.922 bits per heavy atom. The zero-order chi connectivity index (χ0) is 37.9. The molecule has 0 aliphatic carbocycles. The Hall–Kier alpha value is -6.06. The Morgan fingerprint density at radius 2 is 1.63 bits per heavy atom. The number of fused-ring (bicyclic) bond motifs is 1. The molecule has 0 radical (unpaired) electrons. The number of nitrogens with one attached hydrogen (secondary N) is 3. The standard InChI is InChI=1S/C33H37N5O6.C2HF3O2/c1-5-43-29-17-23(9-12-28(29)44-19(2)3)31(37-25-10-11-26-21(15-25)13-14-35-32(26)34)33(42)38-27(18-30(40)41)22-7-6-8-24(16-22)36-20(4)39;3-2(4,5)1(6)7/h6-17,19,27,31,37H,5,18H2,1-4H3,(H2,34,35)(H,36,39)(H,38,42)(H,40,41);(H,6,7). The molecule has 0 bridgehead atoms. The number of anilines is 3. The van der Waals surface area contributed by atoms with Gasteiger partial charge < -0.3 is 41.4 Å². The number of aliphatic carboxylic acids is 2. The minimum absolute atomic E-state index is 0.0955. The number of carbonyl (C=O) groups is 4. The van der Waals surface area contributed by atoms with Gasteiger partial charge in [-0.1, -0.05) is 18.2 Å². The van der Waals surface area contributed by atoms with E-state index in [9.17, 15) is 32.7 Å². The number of ether oxygens (including phenoxy) is 2. The maximum atomic E-state index is 14.1. The van der Waals surface area contributed by atoms with Gasteiger partial charge in [-0.25, -0.2) is 9.78 Å². The molecule has 51 heavy (non-hydrogen) atoms. The van der Waals surface area contributed by atoms with E-state index in [0.29, 0.717) is 46.4 Å². The first-order valence-corrected chi connectivity index (χ1v) is 15.5. The van der Waals surface area contributed by atoms with Crippen LogP contribution in [-0.4, -0.2) is 57.8 Å². The molecule has 1 heterocycles. The molecule has 4 aromatic rings. The molecule has 0 aliphatic heterocycles. The highest BCUT2D eigenvalue weighted by atomic mass is 19.4. The van der Waals surface area contributed by atoms with Gasteiger partial charge in [0, 0.05) is 29.9 Å². The van der Waals surface area contributed by atoms with Crippen LogP contribution in [0, 0.1) is 0 Å². The largest absolute Gasteiger partial charge is 0.490 e. The van der Waals surface area contributed by atoms with Gasteiger partial charge in [0.1, 0.15) is 11.9 Å². The Balaban J connectivity index is 0.000000908. The Morgan fingerprint density at radius 3 is 2.24 bits per heavy atom. The van der Waals surface area contributed by atoms with Crippen LogP contribution in [0.15, 0.2) is 72.9 Å². The Bertz CT molecular complexity index is 1870. The van der Waals surface area contributed by atoms with Crippen molar-refractivity contribution >= 4 is 51.7 Å². The van der Waals surface area contributed by atoms with Gasteiger partial charge in [-0.05, 0) is 85.8 Å². The minimum atomic E-state index is -5.08. The summed E-state index contributed by atoms with van der Waals surface area (Å²) < 4.78 is 43.5. The molecule has 16 heteroatoms. The summed E-state index contributed by atoms with van der Waals surface area (Å²) in [6.45, 7) is 7.44. The molecule has 272 valence electrons. The van der Waals surface area contributed by atoms with Crippen molar-refractivity contribution in [3.8, 4) is 11.5 Å². The number of nitrogen functional groups attached to an aromatic ring is 1. The van der Waals surface area contributed by atoms with Crippen molar-refractivity contribution in [1.82, 2.24) is 10.3 Å². The molecule has 4 rings (SSSR count). The number of amides is 2. The average molecular weight is 714 g/mol. The van der Waals surface area contributed by atoms with E-state index in [-0.39, 0.29) is 18.4 Å². The number of halogens is 3. The number of benzene rings is 3. The number of carboxylic acids is 2. The molecule has 1 aromatic heterocycles. The van der Waals surface area contributed by atoms with Crippen LogP contribution >= 0.6 is 0 Å². The molecule has 2 unspecified atom stereocenters. The van der Waals surface area contributed by atoms with Crippen LogP contribution in [0.3, 0.4) is 0 Å². The van der Waals surface area contributed by atoms with Crippen molar-refractivity contribution in [2.75, 3.05) is 23.0 Å². The van der Waals surface area contributed by atoms with E-state index in [2.05, 4.69) is 20.9 Å². The number of nitrogens with zero attached hydrogens (tertiary/aromatic N) is 1. The van der Waals surface area contributed by atoms with Crippen LogP contribution in [0.25, 0.3) is 10.8 Å². The second kappa shape index (κ2) is 17.6. The normalized spacial score (nSPS) is 12.2. The van der Waals surface area contributed by atoms with E-state index in [0.717, 1.165) is 10.8 Å². The number of carboxylic acid groups (broad SMARTS) is 2. The zero-order valence-electron chi connectivity index (χ0n) is 28.1. The van der Waals surface area contributed by atoms with Crippen molar-refractivity contribution in [3.63, 3.8) is 0 Å². The van der Waals surface area contributed by atoms with Gasteiger partial charge in [-0.3, -0.25) is 14.4 Å². The van der Waals surface area contributed by atoms with Gasteiger partial charge >= 0.3 is 18.1 Å². The van der Waals surface area contributed by atoms with Crippen LogP contribution in [0.2, 0.25) is 0 Å². The van der Waals surface area contributed by atoms with E-state index in [1.807, 2.05) is 39.0 Å². The quantitative estimate of drug-likeness (QED) is 0.0938. The molecule has 0 fully saturated rings. The SMILES string of the molecule is CCOc1cc(C(Nc2ccc3c(N)nccc3c2)C(=O)NC(CC(=O)O)c2cccc(NC(C)=O)c2)ccc1OC(C)C.O=C(O)C(F)(F)F. The number of nitrogens with two attached hydrogens (primary N) is 1. The summed E-state index contributed by atoms with van der Waals surface area (Å²) in [4.78, 5) is 50.6. The lowest BCUT2D eigenvalue weighted by atomic mass is 10.00. The Kier molecular flexibility index (Phi) is 13.6. The fraction of sp³-hybridized carbons (Fsp3) is 0.286. The van der Waals surface area contributed by atoms with E-state index in [1.54, 1.807) is 54.7 Å². The minimum Gasteiger partial charge on any atom is -0.490 e. The van der Waals surface area contributed by atoms with Crippen LogP contribution < -0.4 is 31.2 Å². The summed E-state index contributed by atoms with van der Waals surface area (Å²) in [5.41, 5.74) is 8.24. The van der Waals surface area contributed by atoms with Gasteiger partial charge in [-0.15, -0.1) is 0 Å². The fourth-order valence-electron chi connectivity index (χ4n) is 4.80. The van der Waals surface area contributed by atoms with Gasteiger partial charge in [0.2, 0.25) is 11.8 Å². The van der Waals surface area contributed by atoms with Gasteiger partial charge in [-0.2, -0.15) is 13.2 Å². The van der Waals surface area contributed by atoms with E-state index >= 15 is 0 Å². The number of pyridine rings is 1. The molecule has 0 saturated carbocycles. The lowest BCUT2D eigenvalue weighted by Gasteiger charge is -2.25. The zero-order valence-corrected chi connectivity index (χ0v) is 28.1. The highest BCUT2D eigenvalue weighted by Gasteiger charge is 2.38. The first-order chi connectivity index (χ1) is 24.0. The lowest BCUT2D eigenvalue weighted by Crippen LogP contribution is -2.37. The smallest absolute Gasteiger partial charge is 0.490 e. The van der Waals surface area contributed by atoms with Crippen molar-refractivity contribution < 1.29 is 52.0 Å². The molecule has 0 spiro atoms. The predicted octanol–water partition coefficient (Wildman–Crippen LogP) is 6.08. The molecule has 7 N–H and O–H groups in total. The number of aromatic nitrogens is 1. The highest BCUT2D eigenvalue weighted by Crippen LogP contribution is 2.34. The third-order valence-electron chi connectivity index (χ3n) is 6.88. The van der Waals surface area contributed by atoms with Crippen molar-refractivity contribution in [2.24, 2.45) is 0 Å². The number of hydrogen-bond acceptors (Lipinski definition) is 9. The maximum Gasteiger partial charge on any atom is 0.490 e. The molecular formula is C35H38F3N5O8. The number of rotatable bonds is 13. The number of carbonyl (C=O) groups excluding carboxylic acids is 2. The third kappa shape index (κ3) is 11.8. The second-order valence-electron chi connectivity index (χ2n) is 11.3. The molecule has 3 aromatic carbocycles. The summed E-state index contributed by atoms with van der Waals surface area (Å²) in [6.07, 6.45) is -3.95. The first kappa shape index (κ1) is 39.4. The molecule has 0 saturated heterocycles. The average Bonchev–Trinajstić information content (AvgIpc) is 3.03. The van der Waals surface area contributed by atoms with Crippen LogP contribution in [-0.2, 0) is 19.2 Å². The molecule has 13 nitrogen and oxygen atoms in total. The van der Waals surface area contributed by atoms with Crippen molar-refractivity contribution in [3.05, 3.63) is 84.1 Å². The monoisotopic (exact) mass is 713 g/mol. The summed E-state index contributed by atoms with van der Waals surface area (Å²) >= 11 is 0. The lowest BCUT2D eigenvalue weighted by molar-refractivity contribution is -0.192. The predicted molar refractivity (Wildman–Crippen MR) is 183 cm³/mol. The van der Waals surface area contributed by atoms with Crippen LogP contribution in [0.4, 0.5) is 30.4 Å². The van der Waals surface area contributed by atoms with Crippen molar-refractivity contribution in [2.45, 2.75) is 58.5 Å². The van der Waals surface area contributed by atoms with Gasteiger partial charge in [0.25, 0.3) is 0 Å². The summed E-state index contributed by atoms with van der Waals surface area (Å²) in [6, 6.07) is 17.4. The van der Waals surface area contributed by atoms with Gasteiger partial charge in [0.15, 0.2) is 11.5 Å². The molecule has 2 amide bonds. The number of alkyl halides is 3. The molecule has 2 atom stereocenters.